The van der Waals surface area contributed by atoms with Crippen molar-refractivity contribution in [1.29, 1.82) is 0 Å². The highest BCUT2D eigenvalue weighted by Gasteiger charge is 2.18. The zero-order chi connectivity index (χ0) is 24.3. The molecule has 2 aromatic carbocycles. The Balaban J connectivity index is 1.91. The molecular formula is C29H38N2O3. The average molecular weight is 463 g/mol. The second-order valence-corrected chi connectivity index (χ2v) is 9.07. The third kappa shape index (κ3) is 6.89. The highest BCUT2D eigenvalue weighted by Crippen LogP contribution is 2.34. The van der Waals surface area contributed by atoms with Crippen molar-refractivity contribution in [3.63, 3.8) is 0 Å². The summed E-state index contributed by atoms with van der Waals surface area (Å²) in [7, 11) is 0. The van der Waals surface area contributed by atoms with Crippen LogP contribution in [-0.2, 0) is 13.1 Å². The van der Waals surface area contributed by atoms with Crippen LogP contribution in [0.3, 0.4) is 0 Å². The van der Waals surface area contributed by atoms with Crippen molar-refractivity contribution in [3.8, 4) is 11.5 Å². The van der Waals surface area contributed by atoms with Gasteiger partial charge in [0.1, 0.15) is 6.61 Å². The number of hydrogen-bond acceptors (Lipinski definition) is 4. The monoisotopic (exact) mass is 462 g/mol. The molecule has 3 rings (SSSR count). The van der Waals surface area contributed by atoms with Gasteiger partial charge in [0.05, 0.1) is 5.52 Å². The zero-order valence-corrected chi connectivity index (χ0v) is 20.8. The number of nitrogens with zero attached hydrogens (tertiary/aromatic N) is 1. The number of fused-ring (bicyclic) bond motifs is 1. The van der Waals surface area contributed by atoms with Gasteiger partial charge in [-0.15, -0.1) is 0 Å². The lowest BCUT2D eigenvalue weighted by Gasteiger charge is -2.17. The summed E-state index contributed by atoms with van der Waals surface area (Å²) in [4.78, 5) is 13.2. The summed E-state index contributed by atoms with van der Waals surface area (Å²) >= 11 is 0. The Morgan fingerprint density at radius 3 is 2.50 bits per heavy atom. The van der Waals surface area contributed by atoms with Crippen molar-refractivity contribution in [2.24, 2.45) is 0 Å². The molecule has 1 heterocycles. The first-order valence-corrected chi connectivity index (χ1v) is 12.4. The SMILES string of the molecule is CCCCCCCCn1c(=O)c(O)c(OCC=C(C)C)c2ccc(NCc3ccccc3)cc21. The Bertz CT molecular complexity index is 1150. The zero-order valence-electron chi connectivity index (χ0n) is 20.8. The van der Waals surface area contributed by atoms with Gasteiger partial charge in [0.2, 0.25) is 5.75 Å². The predicted molar refractivity (Wildman–Crippen MR) is 142 cm³/mol. The fourth-order valence-electron chi connectivity index (χ4n) is 4.03. The van der Waals surface area contributed by atoms with Gasteiger partial charge in [0, 0.05) is 24.2 Å². The summed E-state index contributed by atoms with van der Waals surface area (Å²) in [6.45, 7) is 7.76. The van der Waals surface area contributed by atoms with E-state index in [9.17, 15) is 9.90 Å². The fourth-order valence-corrected chi connectivity index (χ4v) is 4.03. The average Bonchev–Trinajstić information content (AvgIpc) is 2.84. The summed E-state index contributed by atoms with van der Waals surface area (Å²) in [5, 5.41) is 14.9. The van der Waals surface area contributed by atoms with Crippen molar-refractivity contribution >= 4 is 16.6 Å². The van der Waals surface area contributed by atoms with Crippen molar-refractivity contribution < 1.29 is 9.84 Å². The number of hydrogen-bond donors (Lipinski definition) is 2. The number of unbranched alkanes of at least 4 members (excludes halogenated alkanes) is 5. The van der Waals surface area contributed by atoms with E-state index in [-0.39, 0.29) is 11.5 Å². The quantitative estimate of drug-likeness (QED) is 0.211. The van der Waals surface area contributed by atoms with Crippen LogP contribution in [0.25, 0.3) is 10.9 Å². The van der Waals surface area contributed by atoms with Crippen LogP contribution in [0.2, 0.25) is 0 Å². The minimum absolute atomic E-state index is 0.256. The second-order valence-electron chi connectivity index (χ2n) is 9.07. The molecule has 0 aliphatic heterocycles. The Morgan fingerprint density at radius 1 is 1.03 bits per heavy atom. The molecule has 3 aromatic rings. The fraction of sp³-hybridized carbons (Fsp3) is 0.414. The molecule has 0 spiro atoms. The minimum atomic E-state index is -0.395. The molecule has 0 aliphatic carbocycles. The first-order valence-electron chi connectivity index (χ1n) is 12.4. The number of aryl methyl sites for hydroxylation is 1. The molecule has 5 nitrogen and oxygen atoms in total. The molecule has 0 bridgehead atoms. The molecular weight excluding hydrogens is 424 g/mol. The minimum Gasteiger partial charge on any atom is -0.500 e. The number of rotatable bonds is 13. The standard InChI is InChI=1S/C29H38N2O3/c1-4-5-6-7-8-12-18-31-26-20-24(30-21-23-13-10-9-11-14-23)15-16-25(26)28(27(32)29(31)33)34-19-17-22(2)3/h9-11,13-17,20,30,32H,4-8,12,18-19,21H2,1-3H3. The van der Waals surface area contributed by atoms with Gasteiger partial charge < -0.3 is 19.7 Å². The number of aromatic nitrogens is 1. The van der Waals surface area contributed by atoms with Crippen LogP contribution in [0.15, 0.2) is 65.0 Å². The predicted octanol–water partition coefficient (Wildman–Crippen LogP) is 7.02. The van der Waals surface area contributed by atoms with Crippen LogP contribution < -0.4 is 15.6 Å². The van der Waals surface area contributed by atoms with E-state index in [1.165, 1.54) is 31.2 Å². The Hall–Kier alpha value is -3.21. The maximum atomic E-state index is 13.2. The molecule has 0 aliphatic rings. The Kier molecular flexibility index (Phi) is 9.62. The van der Waals surface area contributed by atoms with Crippen LogP contribution >= 0.6 is 0 Å². The first kappa shape index (κ1) is 25.4. The number of nitrogens with one attached hydrogen (secondary N) is 1. The normalized spacial score (nSPS) is 10.9. The van der Waals surface area contributed by atoms with E-state index >= 15 is 0 Å². The maximum Gasteiger partial charge on any atom is 0.297 e. The van der Waals surface area contributed by atoms with Crippen LogP contribution in [-0.4, -0.2) is 16.3 Å². The lowest BCUT2D eigenvalue weighted by atomic mass is 10.1. The summed E-state index contributed by atoms with van der Waals surface area (Å²) < 4.78 is 7.58. The third-order valence-corrected chi connectivity index (χ3v) is 5.99. The van der Waals surface area contributed by atoms with E-state index in [4.69, 9.17) is 4.74 Å². The molecule has 34 heavy (non-hydrogen) atoms. The lowest BCUT2D eigenvalue weighted by Crippen LogP contribution is -2.21. The number of aromatic hydroxyl groups is 1. The van der Waals surface area contributed by atoms with Crippen LogP contribution in [0, 0.1) is 0 Å². The number of allylic oxidation sites excluding steroid dienone is 1. The molecule has 182 valence electrons. The van der Waals surface area contributed by atoms with Gasteiger partial charge in [-0.2, -0.15) is 0 Å². The molecule has 0 unspecified atom stereocenters. The summed E-state index contributed by atoms with van der Waals surface area (Å²) in [5.41, 5.74) is 3.61. The summed E-state index contributed by atoms with van der Waals surface area (Å²) in [6, 6.07) is 16.1. The highest BCUT2D eigenvalue weighted by atomic mass is 16.5. The van der Waals surface area contributed by atoms with E-state index < -0.39 is 5.56 Å². The largest absolute Gasteiger partial charge is 0.500 e. The molecule has 5 heteroatoms. The molecule has 0 amide bonds. The van der Waals surface area contributed by atoms with Crippen molar-refractivity contribution in [1.82, 2.24) is 4.57 Å². The van der Waals surface area contributed by atoms with Gasteiger partial charge in [-0.05, 0) is 50.1 Å². The van der Waals surface area contributed by atoms with Crippen LogP contribution in [0.4, 0.5) is 5.69 Å². The molecule has 0 saturated heterocycles. The lowest BCUT2D eigenvalue weighted by molar-refractivity contribution is 0.335. The number of anilines is 1. The third-order valence-electron chi connectivity index (χ3n) is 5.99. The van der Waals surface area contributed by atoms with E-state index in [2.05, 4.69) is 24.4 Å². The van der Waals surface area contributed by atoms with Crippen molar-refractivity contribution in [2.45, 2.75) is 72.4 Å². The van der Waals surface area contributed by atoms with Crippen LogP contribution in [0.1, 0.15) is 64.9 Å². The van der Waals surface area contributed by atoms with E-state index in [1.807, 2.05) is 56.3 Å². The summed E-state index contributed by atoms with van der Waals surface area (Å²) in [5.74, 6) is -0.0584. The van der Waals surface area contributed by atoms with E-state index in [1.54, 1.807) is 4.57 Å². The van der Waals surface area contributed by atoms with Gasteiger partial charge in [-0.1, -0.05) is 74.9 Å². The molecule has 0 saturated carbocycles. The molecule has 1 aromatic heterocycles. The van der Waals surface area contributed by atoms with Gasteiger partial charge in [0.25, 0.3) is 5.56 Å². The van der Waals surface area contributed by atoms with E-state index in [0.29, 0.717) is 19.7 Å². The van der Waals surface area contributed by atoms with E-state index in [0.717, 1.165) is 35.0 Å². The number of pyridine rings is 1. The Morgan fingerprint density at radius 2 is 1.76 bits per heavy atom. The van der Waals surface area contributed by atoms with Gasteiger partial charge in [-0.3, -0.25) is 4.79 Å². The summed E-state index contributed by atoms with van der Waals surface area (Å²) in [6.07, 6.45) is 8.76. The topological polar surface area (TPSA) is 63.5 Å². The van der Waals surface area contributed by atoms with Gasteiger partial charge in [0.15, 0.2) is 5.75 Å². The number of ether oxygens (including phenoxy) is 1. The first-order chi connectivity index (χ1) is 16.5. The maximum absolute atomic E-state index is 13.2. The van der Waals surface area contributed by atoms with Gasteiger partial charge in [-0.25, -0.2) is 0 Å². The molecule has 0 fully saturated rings. The molecule has 2 N–H and O–H groups in total. The molecule has 0 atom stereocenters. The highest BCUT2D eigenvalue weighted by molar-refractivity contribution is 5.90. The van der Waals surface area contributed by atoms with Crippen LogP contribution in [0.5, 0.6) is 11.5 Å². The van der Waals surface area contributed by atoms with Crippen molar-refractivity contribution in [2.75, 3.05) is 11.9 Å². The Labute approximate surface area is 203 Å². The van der Waals surface area contributed by atoms with Crippen molar-refractivity contribution in [3.05, 3.63) is 76.1 Å². The smallest absolute Gasteiger partial charge is 0.297 e. The molecule has 0 radical (unpaired) electrons. The van der Waals surface area contributed by atoms with Gasteiger partial charge >= 0.3 is 0 Å². The number of benzene rings is 2. The second kappa shape index (κ2) is 12.9.